The Kier molecular flexibility index (Phi) is 5.27. The molecule has 4 heterocycles. The molecule has 192 valence electrons. The highest BCUT2D eigenvalue weighted by Gasteiger charge is 2.39. The van der Waals surface area contributed by atoms with Crippen molar-refractivity contribution >= 4 is 28.2 Å². The average molecular weight is 539 g/mol. The van der Waals surface area contributed by atoms with Crippen molar-refractivity contribution in [2.45, 2.75) is 5.92 Å². The van der Waals surface area contributed by atoms with Gasteiger partial charge in [-0.1, -0.05) is 35.9 Å². The predicted molar refractivity (Wildman–Crippen MR) is 144 cm³/mol. The standard InChI is InChI=1S/C29H19ClN4O5/c1-36-15-11-12-20(37-2)18(13-15)22-23-25(17-8-4-6-10-21(17)38-29(23)35)39-28-24(22)27-32-26(33-34(27)14-31-28)16-7-3-5-9-19(16)30/h3-14,22H,1-2H3. The van der Waals surface area contributed by atoms with Crippen LogP contribution in [-0.4, -0.2) is 33.8 Å². The number of aromatic nitrogens is 4. The van der Waals surface area contributed by atoms with Crippen molar-refractivity contribution < 1.29 is 18.6 Å². The van der Waals surface area contributed by atoms with E-state index in [1.165, 1.54) is 6.33 Å². The van der Waals surface area contributed by atoms with Crippen LogP contribution in [-0.2, 0) is 0 Å². The summed E-state index contributed by atoms with van der Waals surface area (Å²) in [6.07, 6.45) is 1.53. The smallest absolute Gasteiger partial charge is 0.344 e. The summed E-state index contributed by atoms with van der Waals surface area (Å²) in [5.41, 5.74) is 2.46. The number of hydrogen-bond acceptors (Lipinski definition) is 8. The van der Waals surface area contributed by atoms with Crippen molar-refractivity contribution in [1.29, 1.82) is 0 Å². The molecule has 0 bridgehead atoms. The van der Waals surface area contributed by atoms with Crippen molar-refractivity contribution in [3.05, 3.63) is 105 Å². The molecule has 10 heteroatoms. The van der Waals surface area contributed by atoms with Crippen molar-refractivity contribution in [2.75, 3.05) is 14.2 Å². The van der Waals surface area contributed by atoms with Gasteiger partial charge in [0.05, 0.1) is 41.7 Å². The second-order valence-corrected chi connectivity index (χ2v) is 9.33. The molecule has 7 rings (SSSR count). The first-order valence-electron chi connectivity index (χ1n) is 12.0. The molecule has 0 N–H and O–H groups in total. The fourth-order valence-electron chi connectivity index (χ4n) is 5.06. The Morgan fingerprint density at radius 2 is 1.79 bits per heavy atom. The lowest BCUT2D eigenvalue weighted by atomic mass is 9.83. The largest absolute Gasteiger partial charge is 0.497 e. The van der Waals surface area contributed by atoms with E-state index in [2.05, 4.69) is 10.1 Å². The minimum absolute atomic E-state index is 0.290. The topological polar surface area (TPSA) is 101 Å². The van der Waals surface area contributed by atoms with Crippen LogP contribution in [0.5, 0.6) is 23.1 Å². The third-order valence-corrected chi connectivity index (χ3v) is 7.15. The number of hydrogen-bond donors (Lipinski definition) is 0. The van der Waals surface area contributed by atoms with Gasteiger partial charge in [-0.15, -0.1) is 5.10 Å². The Labute approximate surface area is 226 Å². The van der Waals surface area contributed by atoms with Gasteiger partial charge in [-0.3, -0.25) is 0 Å². The molecule has 3 aromatic heterocycles. The van der Waals surface area contributed by atoms with Gasteiger partial charge in [-0.2, -0.15) is 0 Å². The molecule has 0 spiro atoms. The Balaban J connectivity index is 1.58. The fourth-order valence-corrected chi connectivity index (χ4v) is 5.28. The summed E-state index contributed by atoms with van der Waals surface area (Å²) in [5, 5.41) is 5.78. The highest BCUT2D eigenvalue weighted by molar-refractivity contribution is 6.33. The number of para-hydroxylation sites is 1. The molecule has 1 atom stereocenters. The van der Waals surface area contributed by atoms with Crippen molar-refractivity contribution in [3.8, 4) is 34.5 Å². The maximum Gasteiger partial charge on any atom is 0.344 e. The number of fused-ring (bicyclic) bond motifs is 6. The van der Waals surface area contributed by atoms with Gasteiger partial charge in [-0.25, -0.2) is 19.3 Å². The maximum atomic E-state index is 13.6. The summed E-state index contributed by atoms with van der Waals surface area (Å²) in [5.74, 6) is 1.46. The lowest BCUT2D eigenvalue weighted by Crippen LogP contribution is -2.22. The molecule has 39 heavy (non-hydrogen) atoms. The van der Waals surface area contributed by atoms with Gasteiger partial charge in [0.2, 0.25) is 5.88 Å². The fraction of sp³-hybridized carbons (Fsp3) is 0.103. The van der Waals surface area contributed by atoms with Crippen LogP contribution in [0.1, 0.15) is 22.6 Å². The molecule has 0 saturated heterocycles. The summed E-state index contributed by atoms with van der Waals surface area (Å²) in [6.45, 7) is 0. The normalized spacial score (nSPS) is 14.1. The molecule has 1 unspecified atom stereocenters. The first-order chi connectivity index (χ1) is 19.1. The zero-order valence-electron chi connectivity index (χ0n) is 20.7. The molecule has 3 aromatic carbocycles. The van der Waals surface area contributed by atoms with E-state index >= 15 is 0 Å². The summed E-state index contributed by atoms with van der Waals surface area (Å²) in [4.78, 5) is 23.1. The molecule has 0 saturated carbocycles. The summed E-state index contributed by atoms with van der Waals surface area (Å²) in [6, 6.07) is 19.9. The van der Waals surface area contributed by atoms with E-state index in [-0.39, 0.29) is 0 Å². The highest BCUT2D eigenvalue weighted by atomic mass is 35.5. The lowest BCUT2D eigenvalue weighted by molar-refractivity contribution is 0.392. The van der Waals surface area contributed by atoms with Gasteiger partial charge < -0.3 is 18.6 Å². The molecular weight excluding hydrogens is 520 g/mol. The molecular formula is C29H19ClN4O5. The van der Waals surface area contributed by atoms with E-state index in [0.717, 1.165) is 0 Å². The Hall–Kier alpha value is -4.89. The van der Waals surface area contributed by atoms with Crippen LogP contribution in [0.3, 0.4) is 0 Å². The third kappa shape index (κ3) is 3.54. The maximum absolute atomic E-state index is 13.6. The van der Waals surface area contributed by atoms with Gasteiger partial charge in [0.25, 0.3) is 0 Å². The first kappa shape index (κ1) is 23.2. The summed E-state index contributed by atoms with van der Waals surface area (Å²) < 4.78 is 25.0. The monoisotopic (exact) mass is 538 g/mol. The van der Waals surface area contributed by atoms with Crippen LogP contribution in [0.2, 0.25) is 5.02 Å². The number of ether oxygens (including phenoxy) is 3. The van der Waals surface area contributed by atoms with E-state index in [1.807, 2.05) is 36.4 Å². The van der Waals surface area contributed by atoms with Crippen LogP contribution < -0.4 is 19.8 Å². The summed E-state index contributed by atoms with van der Waals surface area (Å²) in [7, 11) is 3.15. The van der Waals surface area contributed by atoms with E-state index in [9.17, 15) is 4.79 Å². The zero-order chi connectivity index (χ0) is 26.7. The minimum Gasteiger partial charge on any atom is -0.497 e. The van der Waals surface area contributed by atoms with Gasteiger partial charge >= 0.3 is 5.63 Å². The van der Waals surface area contributed by atoms with Gasteiger partial charge in [0, 0.05) is 11.1 Å². The zero-order valence-corrected chi connectivity index (χ0v) is 21.5. The molecule has 0 fully saturated rings. The van der Waals surface area contributed by atoms with Crippen LogP contribution in [0.25, 0.3) is 28.0 Å². The molecule has 0 aliphatic carbocycles. The second kappa shape index (κ2) is 8.85. The number of rotatable bonds is 4. The number of benzene rings is 3. The quantitative estimate of drug-likeness (QED) is 0.257. The SMILES string of the molecule is COc1ccc(OC)c(C2c3c(c4ccccc4oc3=O)Oc3ncn4nc(-c5ccccc5Cl)nc4c32)c1. The molecule has 0 amide bonds. The predicted octanol–water partition coefficient (Wildman–Crippen LogP) is 5.85. The average Bonchev–Trinajstić information content (AvgIpc) is 3.40. The first-order valence-corrected chi connectivity index (χ1v) is 12.4. The molecule has 1 aliphatic heterocycles. The minimum atomic E-state index is -0.728. The number of nitrogens with zero attached hydrogens (tertiary/aromatic N) is 4. The third-order valence-electron chi connectivity index (χ3n) is 6.82. The van der Waals surface area contributed by atoms with Gasteiger partial charge in [0.15, 0.2) is 17.2 Å². The highest BCUT2D eigenvalue weighted by Crippen LogP contribution is 2.51. The molecule has 1 aliphatic rings. The molecule has 9 nitrogen and oxygen atoms in total. The van der Waals surface area contributed by atoms with Crippen LogP contribution >= 0.6 is 11.6 Å². The van der Waals surface area contributed by atoms with Gasteiger partial charge in [0.1, 0.15) is 23.4 Å². The molecule has 6 aromatic rings. The molecule has 0 radical (unpaired) electrons. The van der Waals surface area contributed by atoms with Crippen molar-refractivity contribution in [2.24, 2.45) is 0 Å². The summed E-state index contributed by atoms with van der Waals surface area (Å²) >= 11 is 6.46. The lowest BCUT2D eigenvalue weighted by Gasteiger charge is -2.28. The second-order valence-electron chi connectivity index (χ2n) is 8.92. The van der Waals surface area contributed by atoms with Crippen molar-refractivity contribution in [1.82, 2.24) is 19.6 Å². The van der Waals surface area contributed by atoms with Crippen LogP contribution in [0.4, 0.5) is 0 Å². The van der Waals surface area contributed by atoms with E-state index < -0.39 is 11.5 Å². The number of methoxy groups -OCH3 is 2. The van der Waals surface area contributed by atoms with Crippen LogP contribution in [0.15, 0.2) is 82.3 Å². The van der Waals surface area contributed by atoms with E-state index in [0.29, 0.717) is 72.8 Å². The van der Waals surface area contributed by atoms with E-state index in [4.69, 9.17) is 35.2 Å². The Morgan fingerprint density at radius 1 is 0.974 bits per heavy atom. The number of halogens is 1. The van der Waals surface area contributed by atoms with Crippen molar-refractivity contribution in [3.63, 3.8) is 0 Å². The Morgan fingerprint density at radius 3 is 2.62 bits per heavy atom. The van der Waals surface area contributed by atoms with Gasteiger partial charge in [-0.05, 0) is 42.5 Å². The Bertz CT molecular complexity index is 1980. The van der Waals surface area contributed by atoms with Crippen LogP contribution in [0, 0.1) is 0 Å². The van der Waals surface area contributed by atoms with E-state index in [1.54, 1.807) is 49.1 Å².